The molecule has 1 heterocycles. The molecule has 0 amide bonds. The number of ketones is 1. The number of benzene rings is 1. The van der Waals surface area contributed by atoms with Crippen LogP contribution in [0.1, 0.15) is 34.5 Å². The van der Waals surface area contributed by atoms with Gasteiger partial charge in [0.25, 0.3) is 0 Å². The molecular weight excluding hydrogens is 240 g/mol. The zero-order chi connectivity index (χ0) is 12.4. The van der Waals surface area contributed by atoms with E-state index in [0.717, 1.165) is 30.4 Å². The summed E-state index contributed by atoms with van der Waals surface area (Å²) in [5.41, 5.74) is 3.09. The van der Waals surface area contributed by atoms with Gasteiger partial charge in [0.2, 0.25) is 0 Å². The molecule has 0 aliphatic heterocycles. The van der Waals surface area contributed by atoms with E-state index in [1.165, 1.54) is 10.5 Å². The van der Waals surface area contributed by atoms with Crippen LogP contribution in [0.2, 0.25) is 0 Å². The van der Waals surface area contributed by atoms with Crippen molar-refractivity contribution in [1.82, 2.24) is 0 Å². The van der Waals surface area contributed by atoms with Crippen molar-refractivity contribution in [3.63, 3.8) is 0 Å². The second-order valence-electron chi connectivity index (χ2n) is 4.48. The number of carbonyl (C=O) groups excluding carboxylic acids is 1. The van der Waals surface area contributed by atoms with Crippen molar-refractivity contribution in [3.8, 4) is 0 Å². The van der Waals surface area contributed by atoms with E-state index in [2.05, 4.69) is 17.5 Å². The third-order valence-electron chi connectivity index (χ3n) is 3.35. The lowest BCUT2D eigenvalue weighted by Gasteiger charge is -2.05. The monoisotopic (exact) mass is 254 g/mol. The van der Waals surface area contributed by atoms with Crippen LogP contribution in [0.15, 0.2) is 53.4 Å². The standard InChI is InChI=1S/C16H14OS/c17-16(12-6-2-1-3-7-12)14-9-4-8-13(14)15-10-5-11-18-15/h1-3,5-7,10-11H,4,8-9H2. The highest BCUT2D eigenvalue weighted by molar-refractivity contribution is 7.11. The topological polar surface area (TPSA) is 17.1 Å². The van der Waals surface area contributed by atoms with Crippen molar-refractivity contribution in [1.29, 1.82) is 0 Å². The molecule has 1 aliphatic carbocycles. The Morgan fingerprint density at radius 1 is 1.00 bits per heavy atom. The molecule has 0 fully saturated rings. The maximum absolute atomic E-state index is 12.5. The largest absolute Gasteiger partial charge is 0.289 e. The Morgan fingerprint density at radius 2 is 1.83 bits per heavy atom. The van der Waals surface area contributed by atoms with Crippen molar-refractivity contribution in [3.05, 3.63) is 63.9 Å². The van der Waals surface area contributed by atoms with Crippen molar-refractivity contribution in [2.75, 3.05) is 0 Å². The second kappa shape index (κ2) is 4.91. The summed E-state index contributed by atoms with van der Waals surface area (Å²) >= 11 is 1.73. The van der Waals surface area contributed by atoms with E-state index in [0.29, 0.717) is 0 Å². The first-order valence-corrected chi connectivity index (χ1v) is 7.10. The van der Waals surface area contributed by atoms with E-state index < -0.39 is 0 Å². The third-order valence-corrected chi connectivity index (χ3v) is 4.28. The molecule has 1 aromatic carbocycles. The summed E-state index contributed by atoms with van der Waals surface area (Å²) in [6.45, 7) is 0. The highest BCUT2D eigenvalue weighted by Gasteiger charge is 2.23. The number of thiophene rings is 1. The van der Waals surface area contributed by atoms with Gasteiger partial charge in [0, 0.05) is 16.0 Å². The summed E-state index contributed by atoms with van der Waals surface area (Å²) in [4.78, 5) is 13.8. The van der Waals surface area contributed by atoms with Gasteiger partial charge in [-0.3, -0.25) is 4.79 Å². The average Bonchev–Trinajstić information content (AvgIpc) is 3.09. The van der Waals surface area contributed by atoms with Gasteiger partial charge in [-0.15, -0.1) is 11.3 Å². The molecule has 1 aliphatic rings. The zero-order valence-corrected chi connectivity index (χ0v) is 10.9. The van der Waals surface area contributed by atoms with Crippen LogP contribution >= 0.6 is 11.3 Å². The number of rotatable bonds is 3. The first-order valence-electron chi connectivity index (χ1n) is 6.22. The number of hydrogen-bond donors (Lipinski definition) is 0. The minimum Gasteiger partial charge on any atom is -0.289 e. The second-order valence-corrected chi connectivity index (χ2v) is 5.43. The average molecular weight is 254 g/mol. The van der Waals surface area contributed by atoms with Gasteiger partial charge >= 0.3 is 0 Å². The first-order chi connectivity index (χ1) is 8.86. The van der Waals surface area contributed by atoms with Gasteiger partial charge in [-0.05, 0) is 36.3 Å². The molecule has 90 valence electrons. The predicted octanol–water partition coefficient (Wildman–Crippen LogP) is 4.57. The smallest absolute Gasteiger partial charge is 0.189 e. The summed E-state index contributed by atoms with van der Waals surface area (Å²) in [7, 11) is 0. The number of allylic oxidation sites excluding steroid dienone is 2. The summed E-state index contributed by atoms with van der Waals surface area (Å²) in [6.07, 6.45) is 3.05. The van der Waals surface area contributed by atoms with Crippen molar-refractivity contribution < 1.29 is 4.79 Å². The Kier molecular flexibility index (Phi) is 3.11. The normalized spacial score (nSPS) is 15.1. The maximum Gasteiger partial charge on any atom is 0.189 e. The van der Waals surface area contributed by atoms with Crippen LogP contribution in [0.3, 0.4) is 0 Å². The van der Waals surface area contributed by atoms with Crippen LogP contribution in [0.25, 0.3) is 5.57 Å². The van der Waals surface area contributed by atoms with Crippen LogP contribution < -0.4 is 0 Å². The molecule has 0 atom stereocenters. The lowest BCUT2D eigenvalue weighted by molar-refractivity contribution is 0.103. The molecule has 2 heteroatoms. The number of hydrogen-bond acceptors (Lipinski definition) is 2. The Hall–Kier alpha value is -1.67. The lowest BCUT2D eigenvalue weighted by Crippen LogP contribution is -2.02. The molecule has 3 rings (SSSR count). The Morgan fingerprint density at radius 3 is 2.56 bits per heavy atom. The fourth-order valence-electron chi connectivity index (χ4n) is 2.48. The summed E-state index contributed by atoms with van der Waals surface area (Å²) in [6, 6.07) is 13.8. The van der Waals surface area contributed by atoms with Crippen LogP contribution in [-0.2, 0) is 0 Å². The van der Waals surface area contributed by atoms with Crippen molar-refractivity contribution in [2.45, 2.75) is 19.3 Å². The first kappa shape index (κ1) is 11.4. The predicted molar refractivity (Wildman–Crippen MR) is 75.9 cm³/mol. The molecule has 0 unspecified atom stereocenters. The van der Waals surface area contributed by atoms with E-state index in [4.69, 9.17) is 0 Å². The molecular formula is C16H14OS. The zero-order valence-electron chi connectivity index (χ0n) is 10.1. The molecule has 0 saturated carbocycles. The Balaban J connectivity index is 2.00. The van der Waals surface area contributed by atoms with Gasteiger partial charge in [0.05, 0.1) is 0 Å². The lowest BCUT2D eigenvalue weighted by atomic mass is 10.00. The van der Waals surface area contributed by atoms with Crippen LogP contribution in [0.5, 0.6) is 0 Å². The van der Waals surface area contributed by atoms with Gasteiger partial charge in [-0.25, -0.2) is 0 Å². The van der Waals surface area contributed by atoms with Gasteiger partial charge in [0.1, 0.15) is 0 Å². The molecule has 1 aromatic heterocycles. The molecule has 1 nitrogen and oxygen atoms in total. The summed E-state index contributed by atoms with van der Waals surface area (Å²) in [5.74, 6) is 0.205. The molecule has 0 saturated heterocycles. The van der Waals surface area contributed by atoms with E-state index >= 15 is 0 Å². The summed E-state index contributed by atoms with van der Waals surface area (Å²) in [5, 5.41) is 2.07. The van der Waals surface area contributed by atoms with Crippen LogP contribution in [0.4, 0.5) is 0 Å². The molecule has 0 bridgehead atoms. The quantitative estimate of drug-likeness (QED) is 0.733. The molecule has 0 N–H and O–H groups in total. The van der Waals surface area contributed by atoms with E-state index in [9.17, 15) is 4.79 Å². The number of carbonyl (C=O) groups is 1. The number of Topliss-reactive ketones (excluding diaryl/α,β-unsaturated/α-hetero) is 1. The van der Waals surface area contributed by atoms with E-state index in [-0.39, 0.29) is 5.78 Å². The highest BCUT2D eigenvalue weighted by atomic mass is 32.1. The third kappa shape index (κ3) is 2.04. The molecule has 0 spiro atoms. The van der Waals surface area contributed by atoms with Gasteiger partial charge in [-0.1, -0.05) is 36.4 Å². The highest BCUT2D eigenvalue weighted by Crippen LogP contribution is 2.37. The molecule has 0 radical (unpaired) electrons. The molecule has 18 heavy (non-hydrogen) atoms. The van der Waals surface area contributed by atoms with Crippen molar-refractivity contribution >= 4 is 22.7 Å². The van der Waals surface area contributed by atoms with Gasteiger partial charge in [-0.2, -0.15) is 0 Å². The minimum absolute atomic E-state index is 0.205. The minimum atomic E-state index is 0.205. The van der Waals surface area contributed by atoms with E-state index in [1.54, 1.807) is 11.3 Å². The fourth-order valence-corrected chi connectivity index (χ4v) is 3.31. The SMILES string of the molecule is O=C(C1=C(c2cccs2)CCC1)c1ccccc1. The fraction of sp³-hybridized carbons (Fsp3) is 0.188. The van der Waals surface area contributed by atoms with Crippen LogP contribution in [-0.4, -0.2) is 5.78 Å². The van der Waals surface area contributed by atoms with Gasteiger partial charge in [0.15, 0.2) is 5.78 Å². The van der Waals surface area contributed by atoms with Crippen LogP contribution in [0, 0.1) is 0 Å². The maximum atomic E-state index is 12.5. The molecule has 2 aromatic rings. The van der Waals surface area contributed by atoms with E-state index in [1.807, 2.05) is 30.3 Å². The Labute approximate surface area is 111 Å². The van der Waals surface area contributed by atoms with Gasteiger partial charge < -0.3 is 0 Å². The van der Waals surface area contributed by atoms with Crippen molar-refractivity contribution in [2.24, 2.45) is 0 Å². The summed E-state index contributed by atoms with van der Waals surface area (Å²) < 4.78 is 0. The Bertz CT molecular complexity index is 579.